The number of esters is 2. The van der Waals surface area contributed by atoms with Crippen molar-refractivity contribution in [3.63, 3.8) is 0 Å². The van der Waals surface area contributed by atoms with E-state index in [0.29, 0.717) is 44.9 Å². The van der Waals surface area contributed by atoms with E-state index in [1.807, 2.05) is 6.07 Å². The molecule has 11 heteroatoms. The van der Waals surface area contributed by atoms with E-state index in [1.54, 1.807) is 6.08 Å². The fraction of sp³-hybridized carbons (Fsp3) is 0.756. The summed E-state index contributed by atoms with van der Waals surface area (Å²) >= 11 is 0. The van der Waals surface area contributed by atoms with Gasteiger partial charge in [0.1, 0.15) is 25.0 Å². The minimum Gasteiger partial charge on any atom is -0.458 e. The number of carbonyl (C=O) groups excluding carboxylic acids is 3. The van der Waals surface area contributed by atoms with Crippen molar-refractivity contribution < 1.29 is 48.8 Å². The number of aliphatic hydroxyl groups excluding tert-OH is 2. The molecule has 6 heterocycles. The Morgan fingerprint density at radius 1 is 1.04 bits per heavy atom. The Balaban J connectivity index is 0.854. The Labute approximate surface area is 329 Å². The predicted molar refractivity (Wildman–Crippen MR) is 202 cm³/mol. The number of carbonyl (C=O) groups is 3. The molecule has 1 aromatic rings. The summed E-state index contributed by atoms with van der Waals surface area (Å²) in [6, 6.07) is 8.28. The normalized spacial score (nSPS) is 54.1. The highest BCUT2D eigenvalue weighted by Crippen LogP contribution is 2.73. The second-order valence-corrected chi connectivity index (χ2v) is 20.6. The van der Waals surface area contributed by atoms with Gasteiger partial charge in [-0.2, -0.15) is 0 Å². The molecule has 1 spiro atoms. The summed E-state index contributed by atoms with van der Waals surface area (Å²) in [6.45, 7) is 4.56. The lowest BCUT2D eigenvalue weighted by molar-refractivity contribution is -1.03. The van der Waals surface area contributed by atoms with Crippen LogP contribution >= 0.6 is 0 Å². The van der Waals surface area contributed by atoms with Gasteiger partial charge in [0.25, 0.3) is 0 Å². The molecule has 56 heavy (non-hydrogen) atoms. The molecule has 6 aliphatic heterocycles. The molecular weight excluding hydrogens is 713 g/mol. The van der Waals surface area contributed by atoms with Crippen molar-refractivity contribution in [1.29, 1.82) is 0 Å². The summed E-state index contributed by atoms with van der Waals surface area (Å²) in [6.07, 6.45) is 7.72. The highest BCUT2D eigenvalue weighted by Gasteiger charge is 2.83. The molecule has 11 aliphatic rings. The number of aldehydes is 1. The number of hydrogen-bond acceptors (Lipinski definition) is 10. The van der Waals surface area contributed by atoms with E-state index in [0.717, 1.165) is 43.2 Å². The van der Waals surface area contributed by atoms with Crippen LogP contribution in [0.1, 0.15) is 96.5 Å². The van der Waals surface area contributed by atoms with Crippen molar-refractivity contribution in [3.8, 4) is 0 Å². The van der Waals surface area contributed by atoms with Gasteiger partial charge >= 0.3 is 11.9 Å². The van der Waals surface area contributed by atoms with Crippen molar-refractivity contribution in [2.24, 2.45) is 46.3 Å². The first-order valence-electron chi connectivity index (χ1n) is 21.8. The first-order valence-corrected chi connectivity index (χ1v) is 21.8. The molecule has 1 aromatic carbocycles. The van der Waals surface area contributed by atoms with Crippen LogP contribution in [-0.2, 0) is 29.3 Å². The SMILES string of the molecule is CC[C@@H]1[C@@H]2C[C@H]3[C@@H]4N(C)c5ccccc5[C@@]45C[C@@H]([C@@H]2[C@@H]5O)[N@+]3(CC(=O)O[C@@H]2CC[C@]3(C=O)[C@@H]4CC[C@]5(C)[C@H](C6=CC(=O)OC6)CC[C@]5(O)[C@@H]4CC[C@]3(O)C2)[C@@H]1O. The van der Waals surface area contributed by atoms with E-state index in [-0.39, 0.29) is 89.6 Å². The second kappa shape index (κ2) is 11.5. The summed E-state index contributed by atoms with van der Waals surface area (Å²) in [5.41, 5.74) is -1.04. The van der Waals surface area contributed by atoms with Crippen molar-refractivity contribution in [2.45, 2.75) is 144 Å². The van der Waals surface area contributed by atoms with Crippen molar-refractivity contribution >= 4 is 23.9 Å². The number of likely N-dealkylation sites (N-methyl/N-ethyl adjacent to an activating group) is 1. The lowest BCUT2D eigenvalue weighted by Gasteiger charge is -2.67. The van der Waals surface area contributed by atoms with Crippen molar-refractivity contribution in [1.82, 2.24) is 0 Å². The molecule has 302 valence electrons. The number of fused-ring (bicyclic) bond motifs is 7. The Morgan fingerprint density at radius 2 is 1.82 bits per heavy atom. The molecule has 0 radical (unpaired) electrons. The molecule has 11 nitrogen and oxygen atoms in total. The second-order valence-electron chi connectivity index (χ2n) is 20.6. The van der Waals surface area contributed by atoms with Crippen LogP contribution in [0.4, 0.5) is 5.69 Å². The van der Waals surface area contributed by atoms with Crippen LogP contribution in [0.25, 0.3) is 0 Å². The van der Waals surface area contributed by atoms with Gasteiger partial charge in [-0.3, -0.25) is 4.48 Å². The van der Waals surface area contributed by atoms with E-state index in [2.05, 4.69) is 44.0 Å². The number of anilines is 1. The molecule has 0 amide bonds. The number of aliphatic hydroxyl groups is 4. The Bertz CT molecular complexity index is 1940. The standard InChI is InChI=1S/C45H59N2O9/c1-4-26-27-18-33-38-44(31-7-5-6-8-32(31)46(38)3)20-34(37(27)39(44)51)47(33,40(26)52)21-36(50)56-25-9-14-42(23-48)29-10-13-41(2)28(24-17-35(49)55-22-24)12-16-45(41,54)30(29)11-15-43(42,53)19-25/h5-8,17,23,25-30,33-34,37-40,51-54H,4,9-16,18-22H2,1-3H3/q+1/t25-,26-,27+,28+,29-,30-,33+,34+,37-,38+,39+,40-,41-,42+,43+,44+,45+,47-/m1/s1. The first-order chi connectivity index (χ1) is 26.7. The third kappa shape index (κ3) is 3.92. The van der Waals surface area contributed by atoms with Gasteiger partial charge in [0.05, 0.1) is 40.2 Å². The van der Waals surface area contributed by atoms with Gasteiger partial charge in [-0.15, -0.1) is 0 Å². The van der Waals surface area contributed by atoms with E-state index in [4.69, 9.17) is 9.47 Å². The number of hydrogen-bond donors (Lipinski definition) is 4. The Kier molecular flexibility index (Phi) is 7.42. The molecule has 9 fully saturated rings. The minimum atomic E-state index is -1.37. The van der Waals surface area contributed by atoms with Gasteiger partial charge in [0.2, 0.25) is 0 Å². The van der Waals surface area contributed by atoms with Crippen LogP contribution in [0.3, 0.4) is 0 Å². The van der Waals surface area contributed by atoms with Gasteiger partial charge in [-0.05, 0) is 98.7 Å². The maximum absolute atomic E-state index is 14.5. The number of para-hydroxylation sites is 1. The van der Waals surface area contributed by atoms with Gasteiger partial charge < -0.3 is 39.6 Å². The van der Waals surface area contributed by atoms with E-state index in [1.165, 1.54) is 5.56 Å². The number of nitrogens with zero attached hydrogens (tertiary/aromatic N) is 2. The molecular formula is C45H59N2O9+. The summed E-state index contributed by atoms with van der Waals surface area (Å²) in [4.78, 5) is 42.3. The Morgan fingerprint density at radius 3 is 2.57 bits per heavy atom. The highest BCUT2D eigenvalue weighted by molar-refractivity contribution is 5.85. The summed E-state index contributed by atoms with van der Waals surface area (Å²) in [5, 5.41) is 50.1. The number of piperidine rings is 4. The summed E-state index contributed by atoms with van der Waals surface area (Å²) < 4.78 is 11.9. The first kappa shape index (κ1) is 36.3. The lowest BCUT2D eigenvalue weighted by Crippen LogP contribution is -2.83. The number of rotatable bonds is 6. The van der Waals surface area contributed by atoms with E-state index in [9.17, 15) is 34.8 Å². The zero-order valence-corrected chi connectivity index (χ0v) is 33.0. The van der Waals surface area contributed by atoms with Gasteiger partial charge in [-0.25, -0.2) is 9.59 Å². The van der Waals surface area contributed by atoms with E-state index >= 15 is 0 Å². The smallest absolute Gasteiger partial charge is 0.362 e. The van der Waals surface area contributed by atoms with Gasteiger partial charge in [-0.1, -0.05) is 32.0 Å². The third-order valence-electron chi connectivity index (χ3n) is 19.6. The highest BCUT2D eigenvalue weighted by atomic mass is 16.5. The lowest BCUT2D eigenvalue weighted by atomic mass is 9.41. The molecule has 5 aliphatic carbocycles. The zero-order chi connectivity index (χ0) is 38.9. The topological polar surface area (TPSA) is 154 Å². The average Bonchev–Trinajstić information content (AvgIpc) is 3.86. The van der Waals surface area contributed by atoms with Crippen LogP contribution < -0.4 is 4.90 Å². The van der Waals surface area contributed by atoms with Crippen molar-refractivity contribution in [2.75, 3.05) is 25.1 Å². The molecule has 18 atom stereocenters. The Hall–Kier alpha value is -2.83. The molecule has 0 unspecified atom stereocenters. The molecule has 5 bridgehead atoms. The van der Waals surface area contributed by atoms with Crippen molar-refractivity contribution in [3.05, 3.63) is 41.5 Å². The maximum Gasteiger partial charge on any atom is 0.362 e. The molecule has 4 saturated heterocycles. The summed E-state index contributed by atoms with van der Waals surface area (Å²) in [5.74, 6) is -0.852. The number of benzene rings is 1. The fourth-order valence-corrected chi connectivity index (χ4v) is 17.6. The van der Waals surface area contributed by atoms with Crippen LogP contribution in [-0.4, -0.2) is 111 Å². The number of cyclic esters (lactones) is 1. The monoisotopic (exact) mass is 771 g/mol. The molecule has 4 N–H and O–H groups in total. The number of ether oxygens (including phenoxy) is 2. The molecule has 5 saturated carbocycles. The minimum absolute atomic E-state index is 0.0104. The zero-order valence-electron chi connectivity index (χ0n) is 33.0. The van der Waals surface area contributed by atoms with E-state index < -0.39 is 45.9 Å². The number of quaternary nitrogens is 1. The van der Waals surface area contributed by atoms with Crippen LogP contribution in [0.15, 0.2) is 35.9 Å². The average molecular weight is 772 g/mol. The van der Waals surface area contributed by atoms with Crippen LogP contribution in [0.2, 0.25) is 0 Å². The molecule has 12 rings (SSSR count). The van der Waals surface area contributed by atoms with Gasteiger partial charge in [0, 0.05) is 55.3 Å². The van der Waals surface area contributed by atoms with Crippen LogP contribution in [0, 0.1) is 46.3 Å². The van der Waals surface area contributed by atoms with Gasteiger partial charge in [0.15, 0.2) is 12.8 Å². The third-order valence-corrected chi connectivity index (χ3v) is 19.6. The fourth-order valence-electron chi connectivity index (χ4n) is 17.6. The molecule has 0 aromatic heterocycles. The maximum atomic E-state index is 14.5. The quantitative estimate of drug-likeness (QED) is 0.192. The summed E-state index contributed by atoms with van der Waals surface area (Å²) in [7, 11) is 2.11. The van der Waals surface area contributed by atoms with Crippen LogP contribution in [0.5, 0.6) is 0 Å². The largest absolute Gasteiger partial charge is 0.458 e. The predicted octanol–water partition coefficient (Wildman–Crippen LogP) is 3.53.